The van der Waals surface area contributed by atoms with Crippen LogP contribution in [0.5, 0.6) is 11.5 Å². The van der Waals surface area contributed by atoms with Gasteiger partial charge in [-0.3, -0.25) is 4.79 Å². The number of rotatable bonds is 7. The predicted octanol–water partition coefficient (Wildman–Crippen LogP) is 6.07. The average molecular weight is 430 g/mol. The molecule has 0 saturated heterocycles. The van der Waals surface area contributed by atoms with E-state index in [0.29, 0.717) is 27.1 Å². The van der Waals surface area contributed by atoms with Gasteiger partial charge in [0, 0.05) is 16.1 Å². The summed E-state index contributed by atoms with van der Waals surface area (Å²) in [7, 11) is 1.58. The second-order valence-electron chi connectivity index (χ2n) is 6.49. The van der Waals surface area contributed by atoms with E-state index in [2.05, 4.69) is 5.32 Å². The number of halogens is 2. The first-order valence-electron chi connectivity index (χ1n) is 9.08. The summed E-state index contributed by atoms with van der Waals surface area (Å²) < 4.78 is 11.2. The molecule has 0 heterocycles. The molecule has 1 N–H and O–H groups in total. The number of carbonyl (C=O) groups excluding carboxylic acids is 1. The van der Waals surface area contributed by atoms with Crippen LogP contribution in [0, 0.1) is 0 Å². The molecule has 1 atom stereocenters. The van der Waals surface area contributed by atoms with Crippen LogP contribution in [-0.2, 0) is 6.61 Å². The Kier molecular flexibility index (Phi) is 7.02. The van der Waals surface area contributed by atoms with Crippen LogP contribution in [0.1, 0.15) is 34.5 Å². The Morgan fingerprint density at radius 1 is 1.00 bits per heavy atom. The van der Waals surface area contributed by atoms with Crippen LogP contribution < -0.4 is 14.8 Å². The van der Waals surface area contributed by atoms with E-state index >= 15 is 0 Å². The second kappa shape index (κ2) is 9.68. The van der Waals surface area contributed by atoms with Gasteiger partial charge in [0.05, 0.1) is 18.2 Å². The van der Waals surface area contributed by atoms with E-state index in [0.717, 1.165) is 11.1 Å². The molecule has 6 heteroatoms. The number of hydrogen-bond donors (Lipinski definition) is 1. The van der Waals surface area contributed by atoms with Gasteiger partial charge >= 0.3 is 0 Å². The molecule has 1 unspecified atom stereocenters. The minimum atomic E-state index is -0.186. The first-order valence-corrected chi connectivity index (χ1v) is 9.84. The van der Waals surface area contributed by atoms with Crippen molar-refractivity contribution in [1.29, 1.82) is 0 Å². The predicted molar refractivity (Wildman–Crippen MR) is 116 cm³/mol. The quantitative estimate of drug-likeness (QED) is 0.495. The van der Waals surface area contributed by atoms with Gasteiger partial charge in [-0.25, -0.2) is 0 Å². The van der Waals surface area contributed by atoms with E-state index in [1.807, 2.05) is 31.2 Å². The third kappa shape index (κ3) is 5.43. The molecule has 3 rings (SSSR count). The van der Waals surface area contributed by atoms with Gasteiger partial charge in [-0.05, 0) is 55.0 Å². The summed E-state index contributed by atoms with van der Waals surface area (Å²) in [5.41, 5.74) is 2.24. The lowest BCUT2D eigenvalue weighted by atomic mass is 10.1. The van der Waals surface area contributed by atoms with E-state index in [1.54, 1.807) is 49.6 Å². The van der Waals surface area contributed by atoms with E-state index in [4.69, 9.17) is 32.7 Å². The monoisotopic (exact) mass is 429 g/mol. The normalized spacial score (nSPS) is 11.6. The van der Waals surface area contributed by atoms with Crippen molar-refractivity contribution in [2.75, 3.05) is 7.11 Å². The summed E-state index contributed by atoms with van der Waals surface area (Å²) in [6.07, 6.45) is 0. The van der Waals surface area contributed by atoms with Crippen molar-refractivity contribution < 1.29 is 14.3 Å². The Morgan fingerprint density at radius 2 is 1.72 bits per heavy atom. The molecular formula is C23H21Cl2NO3. The Bertz CT molecular complexity index is 990. The molecule has 3 aromatic rings. The van der Waals surface area contributed by atoms with Crippen LogP contribution in [0.15, 0.2) is 66.7 Å². The zero-order valence-electron chi connectivity index (χ0n) is 16.1. The maximum Gasteiger partial charge on any atom is 0.251 e. The van der Waals surface area contributed by atoms with E-state index in [9.17, 15) is 4.79 Å². The van der Waals surface area contributed by atoms with Crippen molar-refractivity contribution >= 4 is 29.1 Å². The summed E-state index contributed by atoms with van der Waals surface area (Å²) >= 11 is 12.1. The molecule has 150 valence electrons. The molecule has 29 heavy (non-hydrogen) atoms. The molecule has 0 spiro atoms. The lowest BCUT2D eigenvalue weighted by Gasteiger charge is -2.16. The number of hydrogen-bond acceptors (Lipinski definition) is 3. The summed E-state index contributed by atoms with van der Waals surface area (Å²) in [4.78, 5) is 12.7. The Morgan fingerprint density at radius 3 is 2.41 bits per heavy atom. The van der Waals surface area contributed by atoms with Gasteiger partial charge in [0.15, 0.2) is 0 Å². The van der Waals surface area contributed by atoms with Crippen LogP contribution >= 0.6 is 23.2 Å². The number of para-hydroxylation sites is 1. The fraction of sp³-hybridized carbons (Fsp3) is 0.174. The second-order valence-corrected chi connectivity index (χ2v) is 7.34. The smallest absolute Gasteiger partial charge is 0.251 e. The third-order valence-corrected chi connectivity index (χ3v) is 5.04. The number of carbonyl (C=O) groups is 1. The standard InChI is InChI=1S/C23H21Cl2NO3/c1-15(16-7-10-19(24)11-8-16)26-23(27)17-9-12-21(28-2)18(13-17)14-29-22-6-4-3-5-20(22)25/h3-13,15H,14H2,1-2H3,(H,26,27). The van der Waals surface area contributed by atoms with E-state index in [1.165, 1.54) is 0 Å². The highest BCUT2D eigenvalue weighted by atomic mass is 35.5. The van der Waals surface area contributed by atoms with Gasteiger partial charge < -0.3 is 14.8 Å². The number of benzene rings is 3. The van der Waals surface area contributed by atoms with Gasteiger partial charge in [-0.15, -0.1) is 0 Å². The van der Waals surface area contributed by atoms with Crippen molar-refractivity contribution in [3.8, 4) is 11.5 Å². The Balaban J connectivity index is 1.73. The minimum absolute atomic E-state index is 0.162. The first kappa shape index (κ1) is 21.0. The maximum absolute atomic E-state index is 12.7. The van der Waals surface area contributed by atoms with Gasteiger partial charge in [-0.1, -0.05) is 47.5 Å². The average Bonchev–Trinajstić information content (AvgIpc) is 2.73. The highest BCUT2D eigenvalue weighted by molar-refractivity contribution is 6.32. The summed E-state index contributed by atoms with van der Waals surface area (Å²) in [5.74, 6) is 1.02. The molecule has 0 radical (unpaired) electrons. The van der Waals surface area contributed by atoms with Crippen LogP contribution in [0.3, 0.4) is 0 Å². The Labute approximate surface area is 180 Å². The minimum Gasteiger partial charge on any atom is -0.496 e. The molecule has 0 aliphatic carbocycles. The molecule has 0 fully saturated rings. The molecule has 0 aliphatic rings. The lowest BCUT2D eigenvalue weighted by Crippen LogP contribution is -2.26. The maximum atomic E-state index is 12.7. The molecule has 4 nitrogen and oxygen atoms in total. The van der Waals surface area contributed by atoms with E-state index < -0.39 is 0 Å². The molecular weight excluding hydrogens is 409 g/mol. The summed E-state index contributed by atoms with van der Waals surface area (Å²) in [5, 5.41) is 4.18. The zero-order valence-corrected chi connectivity index (χ0v) is 17.6. The van der Waals surface area contributed by atoms with Crippen molar-refractivity contribution in [3.05, 3.63) is 93.5 Å². The third-order valence-electron chi connectivity index (χ3n) is 4.48. The highest BCUT2D eigenvalue weighted by Gasteiger charge is 2.14. The van der Waals surface area contributed by atoms with Crippen molar-refractivity contribution in [1.82, 2.24) is 5.32 Å². The number of ether oxygens (including phenoxy) is 2. The zero-order chi connectivity index (χ0) is 20.8. The fourth-order valence-corrected chi connectivity index (χ4v) is 3.18. The van der Waals surface area contributed by atoms with Gasteiger partial charge in [0.1, 0.15) is 18.1 Å². The molecule has 0 aromatic heterocycles. The number of methoxy groups -OCH3 is 1. The molecule has 1 amide bonds. The summed E-state index contributed by atoms with van der Waals surface area (Å²) in [6, 6.07) is 19.7. The Hall–Kier alpha value is -2.69. The fourth-order valence-electron chi connectivity index (χ4n) is 2.86. The molecule has 3 aromatic carbocycles. The molecule has 0 bridgehead atoms. The summed E-state index contributed by atoms with van der Waals surface area (Å²) in [6.45, 7) is 2.15. The lowest BCUT2D eigenvalue weighted by molar-refractivity contribution is 0.0939. The van der Waals surface area contributed by atoms with Crippen LogP contribution in [0.2, 0.25) is 10.0 Å². The number of amides is 1. The van der Waals surface area contributed by atoms with Crippen molar-refractivity contribution in [3.63, 3.8) is 0 Å². The van der Waals surface area contributed by atoms with Gasteiger partial charge in [-0.2, -0.15) is 0 Å². The first-order chi connectivity index (χ1) is 14.0. The van der Waals surface area contributed by atoms with Crippen LogP contribution in [0.4, 0.5) is 0 Å². The van der Waals surface area contributed by atoms with E-state index in [-0.39, 0.29) is 18.6 Å². The van der Waals surface area contributed by atoms with Gasteiger partial charge in [0.25, 0.3) is 5.91 Å². The molecule has 0 aliphatic heterocycles. The SMILES string of the molecule is COc1ccc(C(=O)NC(C)c2ccc(Cl)cc2)cc1COc1ccccc1Cl. The topological polar surface area (TPSA) is 47.6 Å². The van der Waals surface area contributed by atoms with Gasteiger partial charge in [0.2, 0.25) is 0 Å². The largest absolute Gasteiger partial charge is 0.496 e. The molecule has 0 saturated carbocycles. The highest BCUT2D eigenvalue weighted by Crippen LogP contribution is 2.27. The number of nitrogens with one attached hydrogen (secondary N) is 1. The van der Waals surface area contributed by atoms with Crippen LogP contribution in [0.25, 0.3) is 0 Å². The van der Waals surface area contributed by atoms with Crippen LogP contribution in [-0.4, -0.2) is 13.0 Å². The van der Waals surface area contributed by atoms with Crippen molar-refractivity contribution in [2.45, 2.75) is 19.6 Å². The van der Waals surface area contributed by atoms with Crippen molar-refractivity contribution in [2.24, 2.45) is 0 Å².